The summed E-state index contributed by atoms with van der Waals surface area (Å²) in [6, 6.07) is 156. The maximum Gasteiger partial charge on any atom is 0.150 e. The average molecular weight is 1930 g/mol. The van der Waals surface area contributed by atoms with Gasteiger partial charge >= 0.3 is 0 Å². The monoisotopic (exact) mass is 1920 g/mol. The number of thiophene rings is 2. The predicted octanol–water partition coefficient (Wildman–Crippen LogP) is 28.6. The van der Waals surface area contributed by atoms with E-state index in [4.69, 9.17) is 11.6 Å². The maximum absolute atomic E-state index is 5.93. The summed E-state index contributed by atoms with van der Waals surface area (Å²) in [6.07, 6.45) is 3.23. The number of halogens is 1. The van der Waals surface area contributed by atoms with Crippen molar-refractivity contribution in [2.24, 2.45) is 0 Å². The van der Waals surface area contributed by atoms with Gasteiger partial charge in [-0.3, -0.25) is 0 Å². The van der Waals surface area contributed by atoms with Gasteiger partial charge in [-0.2, -0.15) is 0 Å². The van der Waals surface area contributed by atoms with Crippen molar-refractivity contribution >= 4 is 172 Å². The van der Waals surface area contributed by atoms with Gasteiger partial charge in [-0.1, -0.05) is 511 Å². The molecule has 4 aromatic heterocycles. The van der Waals surface area contributed by atoms with Crippen LogP contribution in [0.4, 0.5) is 0 Å². The van der Waals surface area contributed by atoms with Gasteiger partial charge in [-0.05, 0) is 192 Å². The molecule has 0 spiro atoms. The molecule has 16 aromatic carbocycles. The van der Waals surface area contributed by atoms with E-state index in [1.54, 1.807) is 29.0 Å². The van der Waals surface area contributed by atoms with Crippen LogP contribution in [-0.2, 0) is 31.3 Å². The van der Waals surface area contributed by atoms with Gasteiger partial charge in [0.2, 0.25) is 0 Å². The SMILES string of the molecule is CC(C)c1csc2c(-c3cc(C(C)(C)C)c4ccccc4c3)ncnc12.CC(C)c1csc2c(Cl)ncnc12.Cc1cc(C(C)(C)C)c2ccccc2c1.[Pd].c1ccc(P(c2ccccc2)c2ccccc2)cc1.c1ccc(P(c2ccccc2)c2ccccc2)cc1.c1ccc(P(c2ccccc2)c2ccccc2)cc1.c1ccc(P(c2ccccc2)c2ccccc2)cc1. The van der Waals surface area contributed by atoms with Gasteiger partial charge in [-0.15, -0.1) is 22.7 Å². The Hall–Kier alpha value is -11.2. The number of rotatable bonds is 15. The predicted molar refractivity (Wildman–Crippen MR) is 578 cm³/mol. The third kappa shape index (κ3) is 26.2. The third-order valence-electron chi connectivity index (χ3n) is 21.9. The normalized spacial score (nSPS) is 11.1. The van der Waals surface area contributed by atoms with Crippen LogP contribution in [0.25, 0.3) is 53.2 Å². The van der Waals surface area contributed by atoms with E-state index < -0.39 is 31.7 Å². The fourth-order valence-corrected chi connectivity index (χ4v) is 27.3. The van der Waals surface area contributed by atoms with Crippen molar-refractivity contribution in [3.05, 3.63) is 493 Å². The fraction of sp³-hybridized carbons (Fsp3) is 0.126. The summed E-state index contributed by atoms with van der Waals surface area (Å²) in [5.74, 6) is 0.952. The minimum absolute atomic E-state index is 0. The van der Waals surface area contributed by atoms with E-state index in [9.17, 15) is 0 Å². The Balaban J connectivity index is 0.000000131. The molecule has 0 aliphatic carbocycles. The standard InChI is InChI=1S/C23H24N2S.4C18H15P.C15H18.C9H9ClN2S.Pd/c1-14(2)18-12-26-22-20(24-13-25-21(18)22)16-10-15-8-6-7-9-17(15)19(11-16)23(3,4)5;4*1-4-10-16(11-5-1)19(17-12-6-2-7-13-17)18-14-8-3-9-15-18;1-11-9-12-7-5-6-8-13(12)14(10-11)15(2,3)4;1-5(2)6-3-13-8-7(6)11-4-12-9(8)10;/h6-14H,1-5H3;4*1-15H;5-10H,1-4H3;3-5H,1-2H3;. The van der Waals surface area contributed by atoms with Gasteiger partial charge in [0.25, 0.3) is 0 Å². The van der Waals surface area contributed by atoms with Gasteiger partial charge in [0, 0.05) is 26.0 Å². The molecule has 20 rings (SSSR count). The summed E-state index contributed by atoms with van der Waals surface area (Å²) in [6.45, 7) is 24.5. The van der Waals surface area contributed by atoms with Crippen molar-refractivity contribution in [3.63, 3.8) is 0 Å². The molecule has 0 radical (unpaired) electrons. The van der Waals surface area contributed by atoms with Gasteiger partial charge in [0.05, 0.1) is 26.1 Å². The van der Waals surface area contributed by atoms with Crippen LogP contribution in [-0.4, -0.2) is 19.9 Å². The van der Waals surface area contributed by atoms with E-state index in [0.717, 1.165) is 21.4 Å². The minimum Gasteiger partial charge on any atom is -0.235 e. The molecular formula is C119H111ClN4P4PdS2. The second-order valence-corrected chi connectivity index (χ2v) is 45.1. The Morgan fingerprint density at radius 3 is 0.763 bits per heavy atom. The van der Waals surface area contributed by atoms with Gasteiger partial charge < -0.3 is 0 Å². The molecule has 0 atom stereocenters. The zero-order chi connectivity index (χ0) is 90.6. The summed E-state index contributed by atoms with van der Waals surface area (Å²) in [5.41, 5.74) is 11.3. The first-order chi connectivity index (χ1) is 63.3. The Morgan fingerprint density at radius 2 is 0.496 bits per heavy atom. The summed E-state index contributed by atoms with van der Waals surface area (Å²) >= 11 is 9.30. The minimum atomic E-state index is -0.446. The van der Waals surface area contributed by atoms with Crippen molar-refractivity contribution in [2.75, 3.05) is 0 Å². The Labute approximate surface area is 808 Å². The van der Waals surface area contributed by atoms with E-state index in [1.807, 2.05) is 0 Å². The van der Waals surface area contributed by atoms with E-state index >= 15 is 0 Å². The van der Waals surface area contributed by atoms with Crippen LogP contribution in [0.2, 0.25) is 5.15 Å². The van der Waals surface area contributed by atoms with Crippen LogP contribution in [0.1, 0.15) is 109 Å². The number of fused-ring (bicyclic) bond motifs is 4. The Bertz CT molecular complexity index is 5980. The van der Waals surface area contributed by atoms with E-state index in [1.165, 1.54) is 130 Å². The molecule has 131 heavy (non-hydrogen) atoms. The molecule has 20 aromatic rings. The summed E-state index contributed by atoms with van der Waals surface area (Å²) in [7, 11) is -1.78. The molecule has 0 unspecified atom stereocenters. The van der Waals surface area contributed by atoms with E-state index in [2.05, 4.69) is 544 Å². The molecule has 12 heteroatoms. The molecule has 0 saturated heterocycles. The number of nitrogens with zero attached hydrogens (tertiary/aromatic N) is 4. The summed E-state index contributed by atoms with van der Waals surface area (Å²) in [5, 5.41) is 27.0. The average Bonchev–Trinajstić information content (AvgIpc) is 1.75. The molecular weight excluding hydrogens is 1820 g/mol. The third-order valence-corrected chi connectivity index (χ3v) is 34.1. The second kappa shape index (κ2) is 48.3. The Morgan fingerprint density at radius 1 is 0.267 bits per heavy atom. The van der Waals surface area contributed by atoms with Crippen LogP contribution in [0.3, 0.4) is 0 Å². The van der Waals surface area contributed by atoms with Crippen molar-refractivity contribution in [1.29, 1.82) is 0 Å². The molecule has 0 N–H and O–H groups in total. The van der Waals surface area contributed by atoms with Crippen LogP contribution in [0.15, 0.2) is 460 Å². The summed E-state index contributed by atoms with van der Waals surface area (Å²) < 4.78 is 2.18. The van der Waals surface area contributed by atoms with Crippen LogP contribution < -0.4 is 63.7 Å². The van der Waals surface area contributed by atoms with Crippen molar-refractivity contribution in [2.45, 2.75) is 98.8 Å². The van der Waals surface area contributed by atoms with E-state index in [0.29, 0.717) is 17.0 Å². The molecule has 0 amide bonds. The fourth-order valence-electron chi connectivity index (χ4n) is 15.6. The number of hydrogen-bond donors (Lipinski definition) is 0. The topological polar surface area (TPSA) is 51.6 Å². The first-order valence-electron chi connectivity index (χ1n) is 44.3. The molecule has 0 aliphatic heterocycles. The maximum atomic E-state index is 5.93. The quantitative estimate of drug-likeness (QED) is 0.0583. The molecule has 656 valence electrons. The summed E-state index contributed by atoms with van der Waals surface area (Å²) in [4.78, 5) is 17.4. The second-order valence-electron chi connectivity index (χ2n) is 34.1. The van der Waals surface area contributed by atoms with Crippen molar-refractivity contribution < 1.29 is 20.4 Å². The first-order valence-corrected chi connectivity index (χ1v) is 51.8. The van der Waals surface area contributed by atoms with Crippen molar-refractivity contribution in [1.82, 2.24) is 19.9 Å². The molecule has 4 heterocycles. The van der Waals surface area contributed by atoms with Gasteiger partial charge in [0.1, 0.15) is 17.8 Å². The number of aromatic nitrogens is 4. The molecule has 0 saturated carbocycles. The first kappa shape index (κ1) is 97.3. The van der Waals surface area contributed by atoms with Crippen LogP contribution >= 0.6 is 66.0 Å². The molecule has 0 aliphatic rings. The van der Waals surface area contributed by atoms with E-state index in [-0.39, 0.29) is 31.3 Å². The Kier molecular flexibility index (Phi) is 35.9. The van der Waals surface area contributed by atoms with Gasteiger partial charge in [0.15, 0.2) is 0 Å². The largest absolute Gasteiger partial charge is 0.235 e. The zero-order valence-corrected chi connectivity index (χ0v) is 83.6. The molecule has 0 fully saturated rings. The molecule has 4 nitrogen and oxygen atoms in total. The number of aryl methyl sites for hydroxylation is 1. The van der Waals surface area contributed by atoms with Gasteiger partial charge in [-0.25, -0.2) is 19.9 Å². The number of hydrogen-bond acceptors (Lipinski definition) is 6. The molecule has 0 bridgehead atoms. The van der Waals surface area contributed by atoms with Crippen molar-refractivity contribution in [3.8, 4) is 11.3 Å². The van der Waals surface area contributed by atoms with Crippen LogP contribution in [0.5, 0.6) is 0 Å². The van der Waals surface area contributed by atoms with Crippen LogP contribution in [0, 0.1) is 6.92 Å². The zero-order valence-electron chi connectivity index (χ0n) is 76.1. The number of benzene rings is 16. The smallest absolute Gasteiger partial charge is 0.150 e.